The Bertz CT molecular complexity index is 416. The summed E-state index contributed by atoms with van der Waals surface area (Å²) in [5.74, 6) is 0.571. The molecule has 6 heteroatoms. The molecule has 1 saturated heterocycles. The maximum Gasteiger partial charge on any atom is 0.225 e. The van der Waals surface area contributed by atoms with Crippen molar-refractivity contribution >= 4 is 11.7 Å². The number of anilines is 1. The van der Waals surface area contributed by atoms with Crippen molar-refractivity contribution in [2.75, 3.05) is 12.3 Å². The lowest BCUT2D eigenvalue weighted by Crippen LogP contribution is -2.30. The van der Waals surface area contributed by atoms with E-state index in [2.05, 4.69) is 10.4 Å². The van der Waals surface area contributed by atoms with E-state index in [4.69, 9.17) is 10.5 Å². The summed E-state index contributed by atoms with van der Waals surface area (Å²) in [5, 5.41) is 6.88. The third kappa shape index (κ3) is 2.58. The predicted octanol–water partition coefficient (Wildman–Crippen LogP) is 0.0435. The normalized spacial score (nSPS) is 23.9. The van der Waals surface area contributed by atoms with E-state index in [1.165, 1.54) is 0 Å². The SMILES string of the molecule is CC1CC(C(=O)NCc2cnn(C)c2N)CO1. The summed E-state index contributed by atoms with van der Waals surface area (Å²) in [4.78, 5) is 11.8. The van der Waals surface area contributed by atoms with Gasteiger partial charge in [0, 0.05) is 19.2 Å². The zero-order valence-corrected chi connectivity index (χ0v) is 10.1. The first-order valence-electron chi connectivity index (χ1n) is 5.73. The first kappa shape index (κ1) is 11.9. The van der Waals surface area contributed by atoms with Gasteiger partial charge in [-0.25, -0.2) is 0 Å². The van der Waals surface area contributed by atoms with E-state index in [9.17, 15) is 4.79 Å². The van der Waals surface area contributed by atoms with Crippen molar-refractivity contribution in [3.05, 3.63) is 11.8 Å². The molecule has 1 fully saturated rings. The lowest BCUT2D eigenvalue weighted by molar-refractivity contribution is -0.125. The van der Waals surface area contributed by atoms with Gasteiger partial charge in [0.25, 0.3) is 0 Å². The van der Waals surface area contributed by atoms with Crippen molar-refractivity contribution in [2.45, 2.75) is 26.0 Å². The Labute approximate surface area is 100 Å². The molecule has 3 N–H and O–H groups in total. The molecule has 17 heavy (non-hydrogen) atoms. The largest absolute Gasteiger partial charge is 0.384 e. The average molecular weight is 238 g/mol. The smallest absolute Gasteiger partial charge is 0.225 e. The van der Waals surface area contributed by atoms with Crippen LogP contribution in [-0.2, 0) is 23.1 Å². The summed E-state index contributed by atoms with van der Waals surface area (Å²) in [6.45, 7) is 2.91. The number of aromatic nitrogens is 2. The minimum absolute atomic E-state index is 0.0256. The van der Waals surface area contributed by atoms with E-state index in [-0.39, 0.29) is 17.9 Å². The number of amides is 1. The van der Waals surface area contributed by atoms with Crippen LogP contribution >= 0.6 is 0 Å². The van der Waals surface area contributed by atoms with Crippen molar-refractivity contribution < 1.29 is 9.53 Å². The predicted molar refractivity (Wildman–Crippen MR) is 63.0 cm³/mol. The fraction of sp³-hybridized carbons (Fsp3) is 0.636. The average Bonchev–Trinajstić information content (AvgIpc) is 2.86. The molecule has 1 aromatic heterocycles. The van der Waals surface area contributed by atoms with Gasteiger partial charge >= 0.3 is 0 Å². The number of aryl methyl sites for hydroxylation is 1. The highest BCUT2D eigenvalue weighted by Crippen LogP contribution is 2.19. The number of nitrogens with one attached hydrogen (secondary N) is 1. The van der Waals surface area contributed by atoms with Crippen molar-refractivity contribution in [3.63, 3.8) is 0 Å². The third-order valence-electron chi connectivity index (χ3n) is 3.09. The molecular formula is C11H18N4O2. The number of nitrogen functional groups attached to an aromatic ring is 1. The van der Waals surface area contributed by atoms with Crippen LogP contribution in [0.1, 0.15) is 18.9 Å². The Kier molecular flexibility index (Phi) is 3.33. The Balaban J connectivity index is 1.86. The molecule has 0 aliphatic carbocycles. The maximum atomic E-state index is 11.8. The molecule has 1 aliphatic rings. The standard InChI is InChI=1S/C11H18N4O2/c1-7-3-8(6-17-7)11(16)13-4-9-5-14-15(2)10(9)12/h5,7-8H,3-4,6,12H2,1-2H3,(H,13,16). The van der Waals surface area contributed by atoms with Crippen LogP contribution in [-0.4, -0.2) is 28.4 Å². The molecule has 2 unspecified atom stereocenters. The number of hydrogen-bond acceptors (Lipinski definition) is 4. The number of rotatable bonds is 3. The lowest BCUT2D eigenvalue weighted by atomic mass is 10.1. The van der Waals surface area contributed by atoms with E-state index < -0.39 is 0 Å². The van der Waals surface area contributed by atoms with Gasteiger partial charge in [-0.15, -0.1) is 0 Å². The molecule has 6 nitrogen and oxygen atoms in total. The summed E-state index contributed by atoms with van der Waals surface area (Å²) >= 11 is 0. The molecule has 1 aromatic rings. The number of nitrogens with two attached hydrogens (primary N) is 1. The zero-order chi connectivity index (χ0) is 12.4. The second kappa shape index (κ2) is 4.75. The molecule has 94 valence electrons. The molecule has 0 bridgehead atoms. The molecule has 1 aliphatic heterocycles. The molecule has 0 radical (unpaired) electrons. The highest BCUT2D eigenvalue weighted by Gasteiger charge is 2.28. The zero-order valence-electron chi connectivity index (χ0n) is 10.1. The van der Waals surface area contributed by atoms with Crippen molar-refractivity contribution in [3.8, 4) is 0 Å². The first-order valence-corrected chi connectivity index (χ1v) is 5.73. The summed E-state index contributed by atoms with van der Waals surface area (Å²) in [7, 11) is 1.77. The number of carbonyl (C=O) groups excluding carboxylic acids is 1. The van der Waals surface area contributed by atoms with Crippen LogP contribution in [0.25, 0.3) is 0 Å². The van der Waals surface area contributed by atoms with Gasteiger partial charge in [0.15, 0.2) is 0 Å². The van der Waals surface area contributed by atoms with Crippen LogP contribution in [0.3, 0.4) is 0 Å². The second-order valence-electron chi connectivity index (χ2n) is 4.47. The van der Waals surface area contributed by atoms with Gasteiger partial charge < -0.3 is 15.8 Å². The molecule has 2 atom stereocenters. The molecular weight excluding hydrogens is 220 g/mol. The molecule has 2 heterocycles. The van der Waals surface area contributed by atoms with Crippen molar-refractivity contribution in [1.82, 2.24) is 15.1 Å². The molecule has 1 amide bonds. The van der Waals surface area contributed by atoms with Crippen LogP contribution in [0.2, 0.25) is 0 Å². The Morgan fingerprint density at radius 3 is 3.06 bits per heavy atom. The van der Waals surface area contributed by atoms with Crippen LogP contribution in [0.5, 0.6) is 0 Å². The number of carbonyl (C=O) groups is 1. The van der Waals surface area contributed by atoms with Crippen LogP contribution in [0.4, 0.5) is 5.82 Å². The fourth-order valence-corrected chi connectivity index (χ4v) is 1.96. The van der Waals surface area contributed by atoms with Gasteiger partial charge in [-0.1, -0.05) is 0 Å². The van der Waals surface area contributed by atoms with Crippen molar-refractivity contribution in [1.29, 1.82) is 0 Å². The number of hydrogen-bond donors (Lipinski definition) is 2. The summed E-state index contributed by atoms with van der Waals surface area (Å²) < 4.78 is 6.95. The van der Waals surface area contributed by atoms with Crippen LogP contribution in [0.15, 0.2) is 6.20 Å². The van der Waals surface area contributed by atoms with E-state index >= 15 is 0 Å². The van der Waals surface area contributed by atoms with Crippen LogP contribution in [0, 0.1) is 5.92 Å². The lowest BCUT2D eigenvalue weighted by Gasteiger charge is -2.08. The molecule has 0 aromatic carbocycles. The van der Waals surface area contributed by atoms with Crippen LogP contribution < -0.4 is 11.1 Å². The summed E-state index contributed by atoms with van der Waals surface area (Å²) in [6.07, 6.45) is 2.63. The number of ether oxygens (including phenoxy) is 1. The van der Waals surface area contributed by atoms with Gasteiger partial charge in [-0.2, -0.15) is 5.10 Å². The summed E-state index contributed by atoms with van der Waals surface area (Å²) in [6, 6.07) is 0. The number of nitrogens with zero attached hydrogens (tertiary/aromatic N) is 2. The van der Waals surface area contributed by atoms with Gasteiger partial charge in [0.1, 0.15) is 5.82 Å². The Morgan fingerprint density at radius 1 is 1.76 bits per heavy atom. The second-order valence-corrected chi connectivity index (χ2v) is 4.47. The van der Waals surface area contributed by atoms with Gasteiger partial charge in [0.05, 0.1) is 24.8 Å². The van der Waals surface area contributed by atoms with Gasteiger partial charge in [0.2, 0.25) is 5.91 Å². The van der Waals surface area contributed by atoms with Gasteiger partial charge in [-0.3, -0.25) is 9.48 Å². The highest BCUT2D eigenvalue weighted by atomic mass is 16.5. The summed E-state index contributed by atoms with van der Waals surface area (Å²) in [5.41, 5.74) is 6.63. The Morgan fingerprint density at radius 2 is 2.53 bits per heavy atom. The maximum absolute atomic E-state index is 11.8. The molecule has 0 saturated carbocycles. The fourth-order valence-electron chi connectivity index (χ4n) is 1.96. The molecule has 2 rings (SSSR count). The minimum Gasteiger partial charge on any atom is -0.384 e. The Hall–Kier alpha value is -1.56. The third-order valence-corrected chi connectivity index (χ3v) is 3.09. The first-order chi connectivity index (χ1) is 8.08. The quantitative estimate of drug-likeness (QED) is 0.779. The van der Waals surface area contributed by atoms with E-state index in [1.54, 1.807) is 17.9 Å². The molecule has 0 spiro atoms. The van der Waals surface area contributed by atoms with E-state index in [1.807, 2.05) is 6.92 Å². The van der Waals surface area contributed by atoms with Gasteiger partial charge in [-0.05, 0) is 13.3 Å². The van der Waals surface area contributed by atoms with Crippen molar-refractivity contribution in [2.24, 2.45) is 13.0 Å². The van der Waals surface area contributed by atoms with E-state index in [0.717, 1.165) is 12.0 Å². The topological polar surface area (TPSA) is 82.2 Å². The highest BCUT2D eigenvalue weighted by molar-refractivity contribution is 5.79. The van der Waals surface area contributed by atoms with E-state index in [0.29, 0.717) is 19.0 Å². The monoisotopic (exact) mass is 238 g/mol. The minimum atomic E-state index is -0.0390.